The molecule has 0 aliphatic heterocycles. The smallest absolute Gasteiger partial charge is 0.138 e. The largest absolute Gasteiger partial charge is 0.355 e. The average Bonchev–Trinajstić information content (AvgIpc) is 3.18. The van der Waals surface area contributed by atoms with Crippen LogP contribution in [0.1, 0.15) is 72.1 Å². The van der Waals surface area contributed by atoms with E-state index in [1.54, 1.807) is 0 Å². The number of rotatable bonds is 4. The predicted octanol–water partition coefficient (Wildman–Crippen LogP) is 2.55. The summed E-state index contributed by atoms with van der Waals surface area (Å²) in [5.41, 5.74) is 5.37. The molecule has 0 heterocycles. The quantitative estimate of drug-likeness (QED) is 0.639. The summed E-state index contributed by atoms with van der Waals surface area (Å²) < 4.78 is 10.6. The van der Waals surface area contributed by atoms with Crippen LogP contribution in [0, 0.1) is 0 Å². The number of hydrogen-bond acceptors (Lipinski definition) is 3. The van der Waals surface area contributed by atoms with Gasteiger partial charge in [0.1, 0.15) is 5.41 Å². The molecule has 2 aliphatic carbocycles. The van der Waals surface area contributed by atoms with Gasteiger partial charge in [0.25, 0.3) is 0 Å². The third-order valence-corrected chi connectivity index (χ3v) is 3.56. The van der Waals surface area contributed by atoms with Crippen LogP contribution in [-0.2, 0) is 9.47 Å². The molecular formula is C15H35NO2Si. The van der Waals surface area contributed by atoms with E-state index in [1.165, 1.54) is 51.4 Å². The molecule has 2 N–H and O–H groups in total. The molecule has 2 rings (SSSR count). The van der Waals surface area contributed by atoms with Crippen LogP contribution in [0.3, 0.4) is 0 Å². The van der Waals surface area contributed by atoms with E-state index in [2.05, 4.69) is 0 Å². The first-order valence-electron chi connectivity index (χ1n) is 8.05. The topological polar surface area (TPSA) is 44.5 Å². The summed E-state index contributed by atoms with van der Waals surface area (Å²) in [7, 11) is 0.923. The molecule has 0 aromatic carbocycles. The molecule has 2 fully saturated rings. The lowest BCUT2D eigenvalue weighted by Gasteiger charge is -2.24. The Balaban J connectivity index is 0.000000283. The highest BCUT2D eigenvalue weighted by molar-refractivity contribution is 6.13. The van der Waals surface area contributed by atoms with Gasteiger partial charge in [-0.3, -0.25) is 0 Å². The van der Waals surface area contributed by atoms with Crippen LogP contribution in [0.25, 0.3) is 0 Å². The first-order valence-corrected chi connectivity index (χ1v) is 9.05. The molecule has 0 saturated heterocycles. The Hall–Kier alpha value is 0.0969. The van der Waals surface area contributed by atoms with Gasteiger partial charge in [0.05, 0.1) is 10.2 Å². The zero-order valence-corrected chi connectivity index (χ0v) is 15.5. The fraction of sp³-hybridized carbons (Fsp3) is 1.00. The van der Waals surface area contributed by atoms with Crippen molar-refractivity contribution >= 4 is 10.2 Å². The number of nitrogens with two attached hydrogens (primary N) is 1. The maximum atomic E-state index is 5.63. The summed E-state index contributed by atoms with van der Waals surface area (Å²) in [6, 6.07) is 0.536. The van der Waals surface area contributed by atoms with E-state index in [9.17, 15) is 0 Å². The second kappa shape index (κ2) is 11.9. The Morgan fingerprint density at radius 2 is 1.32 bits per heavy atom. The summed E-state index contributed by atoms with van der Waals surface area (Å²) in [6.07, 6.45) is 11.2. The standard InChI is InChI=1S/C6H13N.C6H16O2Si.C3H6/c7-6-4-2-1-3-5-6;1-4-7-6(3,9)8-5-2;1-2-3-1/h6H,1-5,7H2;4-5H2,1-3,9H3;1-3H2. The van der Waals surface area contributed by atoms with Gasteiger partial charge < -0.3 is 15.2 Å². The molecule has 0 spiro atoms. The molecule has 2 saturated carbocycles. The molecule has 116 valence electrons. The lowest BCUT2D eigenvalue weighted by atomic mass is 9.97. The number of hydrogen-bond donors (Lipinski definition) is 1. The van der Waals surface area contributed by atoms with Crippen molar-refractivity contribution in [3.8, 4) is 0 Å². The molecular weight excluding hydrogens is 254 g/mol. The van der Waals surface area contributed by atoms with Crippen molar-refractivity contribution in [2.75, 3.05) is 13.2 Å². The third-order valence-electron chi connectivity index (χ3n) is 2.99. The minimum atomic E-state index is -0.260. The SMILES string of the molecule is C1CC1.CCOC(C)([SiH3])OCC.NC1CCCCC1. The van der Waals surface area contributed by atoms with E-state index < -0.39 is 0 Å². The van der Waals surface area contributed by atoms with Crippen LogP contribution >= 0.6 is 0 Å². The second-order valence-electron chi connectivity index (χ2n) is 5.72. The van der Waals surface area contributed by atoms with Crippen LogP contribution in [0.5, 0.6) is 0 Å². The van der Waals surface area contributed by atoms with Crippen LogP contribution in [0.4, 0.5) is 0 Å². The minimum absolute atomic E-state index is 0.260. The first-order chi connectivity index (χ1) is 9.02. The van der Waals surface area contributed by atoms with Gasteiger partial charge >= 0.3 is 0 Å². The van der Waals surface area contributed by atoms with Gasteiger partial charge in [-0.2, -0.15) is 0 Å². The van der Waals surface area contributed by atoms with Crippen molar-refractivity contribution in [1.29, 1.82) is 0 Å². The molecule has 0 bridgehead atoms. The molecule has 0 unspecified atom stereocenters. The van der Waals surface area contributed by atoms with Gasteiger partial charge in [-0.1, -0.05) is 38.5 Å². The Labute approximate surface area is 123 Å². The molecule has 4 heteroatoms. The van der Waals surface area contributed by atoms with Gasteiger partial charge in [-0.25, -0.2) is 0 Å². The van der Waals surface area contributed by atoms with E-state index in [0.717, 1.165) is 23.5 Å². The Morgan fingerprint density at radius 3 is 1.53 bits per heavy atom. The van der Waals surface area contributed by atoms with Crippen LogP contribution in [-0.4, -0.2) is 34.9 Å². The molecule has 0 radical (unpaired) electrons. The second-order valence-corrected chi connectivity index (χ2v) is 7.54. The van der Waals surface area contributed by atoms with Gasteiger partial charge in [-0.15, -0.1) is 0 Å². The zero-order chi connectivity index (χ0) is 14.6. The third kappa shape index (κ3) is 16.0. The lowest BCUT2D eigenvalue weighted by Crippen LogP contribution is -2.32. The van der Waals surface area contributed by atoms with Crippen LogP contribution in [0.15, 0.2) is 0 Å². The summed E-state index contributed by atoms with van der Waals surface area (Å²) in [5, 5.41) is 0. The van der Waals surface area contributed by atoms with Crippen molar-refractivity contribution in [3.63, 3.8) is 0 Å². The van der Waals surface area contributed by atoms with Crippen molar-refractivity contribution in [2.24, 2.45) is 5.73 Å². The van der Waals surface area contributed by atoms with Gasteiger partial charge in [0, 0.05) is 19.3 Å². The highest BCUT2D eigenvalue weighted by Gasteiger charge is 2.15. The molecule has 2 aliphatic rings. The summed E-state index contributed by atoms with van der Waals surface area (Å²) in [4.78, 5) is 0. The van der Waals surface area contributed by atoms with Gasteiger partial charge in [0.15, 0.2) is 0 Å². The molecule has 0 aromatic heterocycles. The van der Waals surface area contributed by atoms with Gasteiger partial charge in [0.2, 0.25) is 0 Å². The van der Waals surface area contributed by atoms with Crippen molar-refractivity contribution in [3.05, 3.63) is 0 Å². The average molecular weight is 290 g/mol. The van der Waals surface area contributed by atoms with E-state index >= 15 is 0 Å². The maximum Gasteiger partial charge on any atom is 0.138 e. The van der Waals surface area contributed by atoms with Crippen LogP contribution < -0.4 is 5.73 Å². The van der Waals surface area contributed by atoms with E-state index in [-0.39, 0.29) is 5.41 Å². The van der Waals surface area contributed by atoms with Gasteiger partial charge in [-0.05, 0) is 33.6 Å². The monoisotopic (exact) mass is 289 g/mol. The highest BCUT2D eigenvalue weighted by atomic mass is 28.1. The Kier molecular flexibility index (Phi) is 11.9. The summed E-state index contributed by atoms with van der Waals surface area (Å²) in [6.45, 7) is 7.41. The summed E-state index contributed by atoms with van der Waals surface area (Å²) >= 11 is 0. The van der Waals surface area contributed by atoms with Crippen molar-refractivity contribution < 1.29 is 9.47 Å². The first kappa shape index (κ1) is 19.1. The van der Waals surface area contributed by atoms with Crippen LogP contribution in [0.2, 0.25) is 0 Å². The maximum absolute atomic E-state index is 5.63. The van der Waals surface area contributed by atoms with E-state index in [1.807, 2.05) is 20.8 Å². The Bertz CT molecular complexity index is 182. The van der Waals surface area contributed by atoms with Crippen molar-refractivity contribution in [1.82, 2.24) is 0 Å². The molecule has 0 amide bonds. The Morgan fingerprint density at radius 1 is 0.947 bits per heavy atom. The highest BCUT2D eigenvalue weighted by Crippen LogP contribution is 2.15. The lowest BCUT2D eigenvalue weighted by molar-refractivity contribution is -0.160. The fourth-order valence-corrected chi connectivity index (χ4v) is 2.45. The van der Waals surface area contributed by atoms with E-state index in [4.69, 9.17) is 15.2 Å². The fourth-order valence-electron chi connectivity index (χ4n) is 1.87. The van der Waals surface area contributed by atoms with E-state index in [0.29, 0.717) is 6.04 Å². The number of ether oxygens (including phenoxy) is 2. The zero-order valence-electron chi connectivity index (χ0n) is 13.5. The molecule has 0 atom stereocenters. The summed E-state index contributed by atoms with van der Waals surface area (Å²) in [5.74, 6) is 0. The minimum Gasteiger partial charge on any atom is -0.355 e. The van der Waals surface area contributed by atoms with Crippen molar-refractivity contribution in [2.45, 2.75) is 83.6 Å². The predicted molar refractivity (Wildman–Crippen MR) is 86.5 cm³/mol. The molecule has 3 nitrogen and oxygen atoms in total. The molecule has 19 heavy (non-hydrogen) atoms. The molecule has 0 aromatic rings. The normalized spacial score (nSPS) is 18.9.